The van der Waals surface area contributed by atoms with Crippen molar-refractivity contribution in [2.45, 2.75) is 0 Å². The predicted octanol–water partition coefficient (Wildman–Crippen LogP) is 11.8. The minimum atomic E-state index is 0.560. The Hall–Kier alpha value is -7.05. The van der Waals surface area contributed by atoms with Crippen LogP contribution in [0.15, 0.2) is 167 Å². The molecule has 11 rings (SSSR count). The second-order valence-corrected chi connectivity index (χ2v) is 12.8. The van der Waals surface area contributed by atoms with E-state index < -0.39 is 0 Å². The van der Waals surface area contributed by atoms with E-state index in [1.165, 1.54) is 10.8 Å². The SMILES string of the molecule is c1cc(-c2nc(-c3ccc4c(c3)oc3ccccc34)nc(-c3cccc4oc5ccccc5c34)n2)cc(-n2c3ccccc3c3ccccc32)c1. The quantitative estimate of drug-likeness (QED) is 0.189. The van der Waals surface area contributed by atoms with Crippen LogP contribution in [0.1, 0.15) is 0 Å². The van der Waals surface area contributed by atoms with Gasteiger partial charge in [0.1, 0.15) is 22.3 Å². The minimum Gasteiger partial charge on any atom is -0.456 e. The second kappa shape index (κ2) is 10.7. The zero-order valence-electron chi connectivity index (χ0n) is 27.1. The molecule has 6 nitrogen and oxygen atoms in total. The maximum absolute atomic E-state index is 6.28. The predicted molar refractivity (Wildman–Crippen MR) is 205 cm³/mol. The fourth-order valence-corrected chi connectivity index (χ4v) is 7.57. The first-order valence-corrected chi connectivity index (χ1v) is 16.9. The van der Waals surface area contributed by atoms with E-state index in [0.717, 1.165) is 77.3 Å². The smallest absolute Gasteiger partial charge is 0.164 e. The Bertz CT molecular complexity index is 3110. The Labute approximate surface area is 290 Å². The van der Waals surface area contributed by atoms with Gasteiger partial charge in [-0.25, -0.2) is 15.0 Å². The van der Waals surface area contributed by atoms with E-state index in [4.69, 9.17) is 23.8 Å². The second-order valence-electron chi connectivity index (χ2n) is 12.8. The summed E-state index contributed by atoms with van der Waals surface area (Å²) in [5.41, 5.74) is 9.16. The molecule has 4 heterocycles. The number of aromatic nitrogens is 4. The van der Waals surface area contributed by atoms with Crippen molar-refractivity contribution in [1.29, 1.82) is 0 Å². The van der Waals surface area contributed by atoms with Gasteiger partial charge < -0.3 is 13.4 Å². The number of rotatable bonds is 4. The standard InChI is InChI=1S/C45H26N4O2/c1-5-18-36-30(13-1)31-14-2-6-19-37(31)49(36)29-12-9-11-27(25-29)43-46-44(28-23-24-33-32-15-3-7-20-38(32)51-41(33)26-28)48-45(47-43)35-17-10-22-40-42(35)34-16-4-8-21-39(34)50-40/h1-26H. The van der Waals surface area contributed by atoms with Gasteiger partial charge in [-0.05, 0) is 54.6 Å². The molecule has 0 aliphatic carbocycles. The van der Waals surface area contributed by atoms with Crippen LogP contribution in [0.2, 0.25) is 0 Å². The molecule has 0 saturated carbocycles. The third kappa shape index (κ3) is 4.26. The summed E-state index contributed by atoms with van der Waals surface area (Å²) in [5, 5.41) is 6.55. The van der Waals surface area contributed by atoms with E-state index in [9.17, 15) is 0 Å². The number of hydrogen-bond donors (Lipinski definition) is 0. The normalized spacial score (nSPS) is 11.9. The summed E-state index contributed by atoms with van der Waals surface area (Å²) < 4.78 is 14.9. The Morgan fingerprint density at radius 1 is 0.373 bits per heavy atom. The third-order valence-corrected chi connectivity index (χ3v) is 9.86. The molecule has 0 atom stereocenters. The third-order valence-electron chi connectivity index (χ3n) is 9.86. The van der Waals surface area contributed by atoms with E-state index in [-0.39, 0.29) is 0 Å². The van der Waals surface area contributed by atoms with Gasteiger partial charge in [0.2, 0.25) is 0 Å². The molecule has 0 saturated heterocycles. The molecular formula is C45H26N4O2. The van der Waals surface area contributed by atoms with Crippen LogP contribution in [0.5, 0.6) is 0 Å². The summed E-state index contributed by atoms with van der Waals surface area (Å²) in [6.45, 7) is 0. The first-order valence-electron chi connectivity index (χ1n) is 16.9. The molecule has 0 unspecified atom stereocenters. The molecule has 0 N–H and O–H groups in total. The summed E-state index contributed by atoms with van der Waals surface area (Å²) in [5.74, 6) is 1.70. The summed E-state index contributed by atoms with van der Waals surface area (Å²) >= 11 is 0. The van der Waals surface area contributed by atoms with Crippen molar-refractivity contribution >= 4 is 65.7 Å². The highest BCUT2D eigenvalue weighted by Crippen LogP contribution is 2.38. The zero-order valence-corrected chi connectivity index (χ0v) is 27.1. The first kappa shape index (κ1) is 27.9. The minimum absolute atomic E-state index is 0.560. The number of hydrogen-bond acceptors (Lipinski definition) is 5. The molecule has 0 bridgehead atoms. The van der Waals surface area contributed by atoms with Crippen LogP contribution in [-0.2, 0) is 0 Å². The van der Waals surface area contributed by atoms with Crippen LogP contribution in [0, 0.1) is 0 Å². The zero-order chi connectivity index (χ0) is 33.5. The van der Waals surface area contributed by atoms with Gasteiger partial charge in [0, 0.05) is 54.7 Å². The molecule has 4 aromatic heterocycles. The highest BCUT2D eigenvalue weighted by molar-refractivity contribution is 6.12. The van der Waals surface area contributed by atoms with Crippen LogP contribution in [-0.4, -0.2) is 19.5 Å². The molecule has 0 spiro atoms. The number of nitrogens with zero attached hydrogens (tertiary/aromatic N) is 4. The molecule has 238 valence electrons. The highest BCUT2D eigenvalue weighted by Gasteiger charge is 2.19. The van der Waals surface area contributed by atoms with Crippen LogP contribution in [0.25, 0.3) is 106 Å². The van der Waals surface area contributed by atoms with E-state index in [0.29, 0.717) is 17.5 Å². The summed E-state index contributed by atoms with van der Waals surface area (Å²) in [6, 6.07) is 53.9. The summed E-state index contributed by atoms with van der Waals surface area (Å²) in [6.07, 6.45) is 0. The Kier molecular flexibility index (Phi) is 5.86. The van der Waals surface area contributed by atoms with E-state index in [1.807, 2.05) is 54.6 Å². The van der Waals surface area contributed by atoms with Crippen LogP contribution in [0.3, 0.4) is 0 Å². The molecule has 6 heteroatoms. The fraction of sp³-hybridized carbons (Fsp3) is 0. The molecule has 11 aromatic rings. The van der Waals surface area contributed by atoms with Crippen molar-refractivity contribution in [2.24, 2.45) is 0 Å². The number of para-hydroxylation sites is 4. The lowest BCUT2D eigenvalue weighted by atomic mass is 10.1. The molecule has 0 radical (unpaired) electrons. The van der Waals surface area contributed by atoms with E-state index >= 15 is 0 Å². The van der Waals surface area contributed by atoms with Gasteiger partial charge in [0.05, 0.1) is 11.0 Å². The van der Waals surface area contributed by atoms with Gasteiger partial charge in [-0.2, -0.15) is 0 Å². The summed E-state index contributed by atoms with van der Waals surface area (Å²) in [4.78, 5) is 15.5. The number of fused-ring (bicyclic) bond motifs is 9. The fourth-order valence-electron chi connectivity index (χ4n) is 7.57. The average Bonchev–Trinajstić information content (AvgIpc) is 3.87. The first-order chi connectivity index (χ1) is 25.3. The maximum atomic E-state index is 6.28. The molecule has 0 amide bonds. The van der Waals surface area contributed by atoms with Crippen LogP contribution < -0.4 is 0 Å². The van der Waals surface area contributed by atoms with Crippen molar-refractivity contribution in [3.05, 3.63) is 158 Å². The van der Waals surface area contributed by atoms with Gasteiger partial charge >= 0.3 is 0 Å². The number of furan rings is 2. The van der Waals surface area contributed by atoms with Crippen LogP contribution >= 0.6 is 0 Å². The molecule has 0 fully saturated rings. The lowest BCUT2D eigenvalue weighted by Crippen LogP contribution is -2.01. The topological polar surface area (TPSA) is 69.9 Å². The molecule has 7 aromatic carbocycles. The van der Waals surface area contributed by atoms with Crippen molar-refractivity contribution in [2.75, 3.05) is 0 Å². The van der Waals surface area contributed by atoms with Crippen molar-refractivity contribution < 1.29 is 8.83 Å². The van der Waals surface area contributed by atoms with Crippen molar-refractivity contribution in [3.63, 3.8) is 0 Å². The van der Waals surface area contributed by atoms with Crippen molar-refractivity contribution in [3.8, 4) is 39.9 Å². The Morgan fingerprint density at radius 2 is 0.922 bits per heavy atom. The van der Waals surface area contributed by atoms with Gasteiger partial charge in [0.15, 0.2) is 17.5 Å². The molecule has 51 heavy (non-hydrogen) atoms. The van der Waals surface area contributed by atoms with E-state index in [1.54, 1.807) is 0 Å². The van der Waals surface area contributed by atoms with E-state index in [2.05, 4.69) is 108 Å². The van der Waals surface area contributed by atoms with Crippen LogP contribution in [0.4, 0.5) is 0 Å². The highest BCUT2D eigenvalue weighted by atomic mass is 16.3. The summed E-state index contributed by atoms with van der Waals surface area (Å²) in [7, 11) is 0. The van der Waals surface area contributed by atoms with Gasteiger partial charge in [-0.1, -0.05) is 103 Å². The molecule has 0 aliphatic rings. The maximum Gasteiger partial charge on any atom is 0.164 e. The Balaban J connectivity index is 1.15. The lowest BCUT2D eigenvalue weighted by Gasteiger charge is -2.12. The average molecular weight is 655 g/mol. The molecular weight excluding hydrogens is 629 g/mol. The lowest BCUT2D eigenvalue weighted by molar-refractivity contribution is 0.668. The van der Waals surface area contributed by atoms with Gasteiger partial charge in [-0.3, -0.25) is 0 Å². The van der Waals surface area contributed by atoms with Crippen molar-refractivity contribution in [1.82, 2.24) is 19.5 Å². The van der Waals surface area contributed by atoms with Gasteiger partial charge in [-0.15, -0.1) is 0 Å². The monoisotopic (exact) mass is 654 g/mol. The molecule has 0 aliphatic heterocycles. The largest absolute Gasteiger partial charge is 0.456 e. The van der Waals surface area contributed by atoms with Gasteiger partial charge in [0.25, 0.3) is 0 Å². The number of benzene rings is 7. The Morgan fingerprint density at radius 3 is 1.69 bits per heavy atom.